The van der Waals surface area contributed by atoms with Gasteiger partial charge in [0.15, 0.2) is 6.04 Å². The molecule has 0 aliphatic heterocycles. The Morgan fingerprint density at radius 1 is 1.38 bits per heavy atom. The Morgan fingerprint density at radius 2 is 1.94 bits per heavy atom. The minimum absolute atomic E-state index is 0.403. The van der Waals surface area contributed by atoms with Crippen molar-refractivity contribution in [1.29, 1.82) is 0 Å². The first-order valence-electron chi connectivity index (χ1n) is 4.58. The fourth-order valence-electron chi connectivity index (χ4n) is 1.07. The van der Waals surface area contributed by atoms with Crippen molar-refractivity contribution in [3.05, 3.63) is 29.3 Å². The summed E-state index contributed by atoms with van der Waals surface area (Å²) >= 11 is 5.67. The lowest BCUT2D eigenvalue weighted by atomic mass is 10.2. The maximum Gasteiger partial charge on any atom is 0.282 e. The molecule has 0 radical (unpaired) electrons. The number of nitrogens with one attached hydrogen (secondary N) is 1. The summed E-state index contributed by atoms with van der Waals surface area (Å²) in [6, 6.07) is 5.60. The number of hydrogen-bond donors (Lipinski definition) is 2. The summed E-state index contributed by atoms with van der Waals surface area (Å²) in [5.41, 5.74) is 3.98. The van der Waals surface area contributed by atoms with Gasteiger partial charge in [-0.2, -0.15) is 0 Å². The molecule has 0 bridgehead atoms. The Labute approximate surface area is 97.2 Å². The van der Waals surface area contributed by atoms with Crippen LogP contribution in [0.3, 0.4) is 0 Å². The third-order valence-corrected chi connectivity index (χ3v) is 2.15. The Kier molecular flexibility index (Phi) is 4.28. The van der Waals surface area contributed by atoms with Crippen LogP contribution in [0.5, 0.6) is 0 Å². The number of aliphatic carboxylic acids is 1. The van der Waals surface area contributed by atoms with Gasteiger partial charge in [0.25, 0.3) is 5.91 Å². The van der Waals surface area contributed by atoms with Gasteiger partial charge >= 0.3 is 0 Å². The maximum absolute atomic E-state index is 11.4. The monoisotopic (exact) mass is 242 g/mol. The summed E-state index contributed by atoms with van der Waals surface area (Å²) in [6.07, 6.45) is -0.403. The van der Waals surface area contributed by atoms with E-state index in [1.807, 2.05) is 0 Å². The van der Waals surface area contributed by atoms with Crippen molar-refractivity contribution in [3.63, 3.8) is 0 Å². The normalized spacial score (nSPS) is 11.9. The lowest BCUT2D eigenvalue weighted by molar-refractivity contribution is -0.407. The molecule has 1 aromatic carbocycles. The number of rotatable bonds is 4. The number of anilines is 1. The minimum Gasteiger partial charge on any atom is -0.550 e. The number of carboxylic acids is 1. The second kappa shape index (κ2) is 5.48. The molecule has 1 rings (SSSR count). The highest BCUT2D eigenvalue weighted by atomic mass is 35.5. The van der Waals surface area contributed by atoms with Gasteiger partial charge in [0.1, 0.15) is 0 Å². The molecule has 0 aliphatic rings. The SMILES string of the molecule is [NH3+][C@H](CC(=O)[O-])C(=O)Nc1ccc(Cl)cc1. The molecule has 0 spiro atoms. The molecule has 0 aliphatic carbocycles. The second-order valence-electron chi connectivity index (χ2n) is 3.27. The van der Waals surface area contributed by atoms with Crippen LogP contribution in [0.25, 0.3) is 0 Å². The minimum atomic E-state index is -1.30. The zero-order chi connectivity index (χ0) is 12.1. The van der Waals surface area contributed by atoms with E-state index in [-0.39, 0.29) is 0 Å². The molecule has 6 heteroatoms. The van der Waals surface area contributed by atoms with Gasteiger partial charge in [-0.15, -0.1) is 0 Å². The van der Waals surface area contributed by atoms with Gasteiger partial charge in [0.2, 0.25) is 0 Å². The Hall–Kier alpha value is -1.59. The van der Waals surface area contributed by atoms with Gasteiger partial charge in [0.05, 0.1) is 0 Å². The van der Waals surface area contributed by atoms with Crippen molar-refractivity contribution in [3.8, 4) is 0 Å². The zero-order valence-electron chi connectivity index (χ0n) is 8.40. The van der Waals surface area contributed by atoms with Crippen LogP contribution in [0.1, 0.15) is 6.42 Å². The smallest absolute Gasteiger partial charge is 0.282 e. The van der Waals surface area contributed by atoms with Crippen molar-refractivity contribution < 1.29 is 20.4 Å². The van der Waals surface area contributed by atoms with E-state index in [9.17, 15) is 14.7 Å². The lowest BCUT2D eigenvalue weighted by Crippen LogP contribution is -2.67. The van der Waals surface area contributed by atoms with Crippen LogP contribution < -0.4 is 16.2 Å². The molecule has 1 atom stereocenters. The summed E-state index contributed by atoms with van der Waals surface area (Å²) < 4.78 is 0. The second-order valence-corrected chi connectivity index (χ2v) is 3.71. The summed E-state index contributed by atoms with van der Waals surface area (Å²) in [5.74, 6) is -1.77. The van der Waals surface area contributed by atoms with E-state index in [0.717, 1.165) is 0 Å². The first-order chi connectivity index (χ1) is 7.49. The fraction of sp³-hybridized carbons (Fsp3) is 0.200. The molecule has 0 saturated carbocycles. The van der Waals surface area contributed by atoms with Crippen LogP contribution in [-0.2, 0) is 9.59 Å². The Bertz CT molecular complexity index is 392. The maximum atomic E-state index is 11.4. The molecular formula is C10H11ClN2O3. The number of benzene rings is 1. The molecule has 1 amide bonds. The quantitative estimate of drug-likeness (QED) is 0.711. The number of halogens is 1. The molecule has 0 unspecified atom stereocenters. The molecule has 86 valence electrons. The summed E-state index contributed by atoms with van der Waals surface area (Å²) in [4.78, 5) is 21.7. The van der Waals surface area contributed by atoms with Crippen molar-refractivity contribution >= 4 is 29.2 Å². The van der Waals surface area contributed by atoms with Crippen LogP contribution >= 0.6 is 11.6 Å². The standard InChI is InChI=1S/C10H11ClN2O3/c11-6-1-3-7(4-2-6)13-10(16)8(12)5-9(14)15/h1-4,8H,5,12H2,(H,13,16)(H,14,15)/t8-/m1/s1. The Morgan fingerprint density at radius 3 is 2.44 bits per heavy atom. The summed E-state index contributed by atoms with van der Waals surface area (Å²) in [6.45, 7) is 0. The molecule has 5 nitrogen and oxygen atoms in total. The topological polar surface area (TPSA) is 96.9 Å². The predicted molar refractivity (Wildman–Crippen MR) is 56.4 cm³/mol. The highest BCUT2D eigenvalue weighted by molar-refractivity contribution is 6.30. The van der Waals surface area contributed by atoms with Crippen molar-refractivity contribution in [2.24, 2.45) is 0 Å². The predicted octanol–water partition coefficient (Wildman–Crippen LogP) is -0.971. The van der Waals surface area contributed by atoms with Gasteiger partial charge in [-0.05, 0) is 24.3 Å². The zero-order valence-corrected chi connectivity index (χ0v) is 9.16. The van der Waals surface area contributed by atoms with Crippen LogP contribution in [0.2, 0.25) is 5.02 Å². The molecule has 1 aromatic rings. The molecule has 0 heterocycles. The van der Waals surface area contributed by atoms with E-state index in [4.69, 9.17) is 11.6 Å². The highest BCUT2D eigenvalue weighted by Crippen LogP contribution is 2.13. The summed E-state index contributed by atoms with van der Waals surface area (Å²) in [7, 11) is 0. The number of carbonyl (C=O) groups is 2. The van der Waals surface area contributed by atoms with Gasteiger partial charge < -0.3 is 21.0 Å². The molecule has 0 saturated heterocycles. The lowest BCUT2D eigenvalue weighted by Gasteiger charge is -2.09. The number of amides is 1. The average Bonchev–Trinajstić information content (AvgIpc) is 2.20. The molecule has 0 fully saturated rings. The fourth-order valence-corrected chi connectivity index (χ4v) is 1.20. The number of hydrogen-bond acceptors (Lipinski definition) is 3. The summed E-state index contributed by atoms with van der Waals surface area (Å²) in [5, 5.41) is 13.3. The van der Waals surface area contributed by atoms with Crippen molar-refractivity contribution in [1.82, 2.24) is 0 Å². The highest BCUT2D eigenvalue weighted by Gasteiger charge is 2.17. The number of quaternary nitrogens is 1. The molecule has 0 aromatic heterocycles. The largest absolute Gasteiger partial charge is 0.550 e. The van der Waals surface area contributed by atoms with Gasteiger partial charge in [-0.25, -0.2) is 0 Å². The van der Waals surface area contributed by atoms with Gasteiger partial charge in [0, 0.05) is 23.1 Å². The van der Waals surface area contributed by atoms with Crippen LogP contribution in [0.15, 0.2) is 24.3 Å². The van der Waals surface area contributed by atoms with Gasteiger partial charge in [-0.1, -0.05) is 11.6 Å². The van der Waals surface area contributed by atoms with Crippen molar-refractivity contribution in [2.45, 2.75) is 12.5 Å². The van der Waals surface area contributed by atoms with E-state index < -0.39 is 24.3 Å². The molecular weight excluding hydrogens is 232 g/mol. The molecule has 16 heavy (non-hydrogen) atoms. The third kappa shape index (κ3) is 3.88. The number of carbonyl (C=O) groups excluding carboxylic acids is 2. The number of carboxylic acid groups (broad SMARTS) is 1. The average molecular weight is 243 g/mol. The van der Waals surface area contributed by atoms with E-state index in [2.05, 4.69) is 11.1 Å². The van der Waals surface area contributed by atoms with Crippen LogP contribution in [-0.4, -0.2) is 17.9 Å². The van der Waals surface area contributed by atoms with Crippen LogP contribution in [0, 0.1) is 0 Å². The van der Waals surface area contributed by atoms with E-state index in [1.165, 1.54) is 0 Å². The van der Waals surface area contributed by atoms with E-state index in [1.54, 1.807) is 24.3 Å². The Balaban J connectivity index is 2.57. The van der Waals surface area contributed by atoms with E-state index >= 15 is 0 Å². The van der Waals surface area contributed by atoms with Crippen molar-refractivity contribution in [2.75, 3.05) is 5.32 Å². The van der Waals surface area contributed by atoms with E-state index in [0.29, 0.717) is 10.7 Å². The first kappa shape index (κ1) is 12.5. The third-order valence-electron chi connectivity index (χ3n) is 1.90. The van der Waals surface area contributed by atoms with Crippen LogP contribution in [0.4, 0.5) is 5.69 Å². The molecule has 4 N–H and O–H groups in total. The van der Waals surface area contributed by atoms with Gasteiger partial charge in [-0.3, -0.25) is 4.79 Å². The first-order valence-corrected chi connectivity index (χ1v) is 4.96.